The van der Waals surface area contributed by atoms with Crippen LogP contribution in [0.4, 0.5) is 0 Å². The maximum atomic E-state index is 13.0. The molecule has 0 aliphatic carbocycles. The second-order valence-corrected chi connectivity index (χ2v) is 8.13. The summed E-state index contributed by atoms with van der Waals surface area (Å²) in [5.41, 5.74) is 3.26. The minimum atomic E-state index is -0.238. The molecular weight excluding hydrogens is 408 g/mol. The average Bonchev–Trinajstić information content (AvgIpc) is 3.19. The summed E-state index contributed by atoms with van der Waals surface area (Å²) in [7, 11) is 0. The molecule has 3 aromatic heterocycles. The fourth-order valence-corrected chi connectivity index (χ4v) is 4.51. The first-order valence-electron chi connectivity index (χ1n) is 9.84. The van der Waals surface area contributed by atoms with Crippen molar-refractivity contribution in [1.29, 1.82) is 0 Å². The standard InChI is InChI=1S/C24H18N4O2S/c29-20(25-13-16-7-3-1-4-8-16)14-28-15-26-21-18-11-12-19(17-9-5-2-6-10-17)27-23(18)31-22(21)24(28)30/h1-12,15H,13-14H2,(H,25,29). The van der Waals surface area contributed by atoms with Crippen LogP contribution in [0.15, 0.2) is 83.9 Å². The molecule has 3 heterocycles. The molecule has 0 radical (unpaired) electrons. The Bertz CT molecular complexity index is 1440. The molecule has 31 heavy (non-hydrogen) atoms. The molecule has 0 aliphatic rings. The third kappa shape index (κ3) is 3.83. The van der Waals surface area contributed by atoms with Crippen molar-refractivity contribution < 1.29 is 4.79 Å². The minimum absolute atomic E-state index is 0.0778. The number of aromatic nitrogens is 3. The van der Waals surface area contributed by atoms with Crippen LogP contribution in [0.3, 0.4) is 0 Å². The molecule has 0 unspecified atom stereocenters. The molecule has 0 spiro atoms. The van der Waals surface area contributed by atoms with Crippen molar-refractivity contribution in [3.63, 3.8) is 0 Å². The van der Waals surface area contributed by atoms with Crippen molar-refractivity contribution >= 4 is 37.7 Å². The number of amides is 1. The highest BCUT2D eigenvalue weighted by Gasteiger charge is 2.15. The van der Waals surface area contributed by atoms with E-state index >= 15 is 0 Å². The maximum absolute atomic E-state index is 13.0. The number of fused-ring (bicyclic) bond motifs is 3. The molecule has 1 amide bonds. The molecule has 0 saturated carbocycles. The molecule has 7 heteroatoms. The number of rotatable bonds is 5. The first-order valence-corrected chi connectivity index (χ1v) is 10.7. The van der Waals surface area contributed by atoms with Crippen molar-refractivity contribution in [2.45, 2.75) is 13.1 Å². The first kappa shape index (κ1) is 19.1. The van der Waals surface area contributed by atoms with Gasteiger partial charge in [-0.3, -0.25) is 14.2 Å². The van der Waals surface area contributed by atoms with Gasteiger partial charge in [-0.2, -0.15) is 0 Å². The summed E-state index contributed by atoms with van der Waals surface area (Å²) >= 11 is 1.31. The molecule has 2 aromatic carbocycles. The van der Waals surface area contributed by atoms with Gasteiger partial charge in [-0.25, -0.2) is 9.97 Å². The smallest absolute Gasteiger partial charge is 0.271 e. The quantitative estimate of drug-likeness (QED) is 0.461. The third-order valence-electron chi connectivity index (χ3n) is 5.03. The number of hydrogen-bond donors (Lipinski definition) is 1. The van der Waals surface area contributed by atoms with Crippen LogP contribution in [0.1, 0.15) is 5.56 Å². The lowest BCUT2D eigenvalue weighted by Crippen LogP contribution is -2.31. The van der Waals surface area contributed by atoms with E-state index in [4.69, 9.17) is 4.98 Å². The van der Waals surface area contributed by atoms with Crippen molar-refractivity contribution in [2.75, 3.05) is 0 Å². The van der Waals surface area contributed by atoms with Gasteiger partial charge in [0.1, 0.15) is 16.1 Å². The van der Waals surface area contributed by atoms with Crippen LogP contribution in [0, 0.1) is 0 Å². The van der Waals surface area contributed by atoms with E-state index in [1.165, 1.54) is 22.2 Å². The average molecular weight is 427 g/mol. The third-order valence-corrected chi connectivity index (χ3v) is 6.10. The lowest BCUT2D eigenvalue weighted by atomic mass is 10.1. The highest BCUT2D eigenvalue weighted by molar-refractivity contribution is 7.25. The Morgan fingerprint density at radius 1 is 0.968 bits per heavy atom. The van der Waals surface area contributed by atoms with Crippen LogP contribution in [-0.2, 0) is 17.9 Å². The normalized spacial score (nSPS) is 11.1. The number of pyridine rings is 1. The van der Waals surface area contributed by atoms with Crippen LogP contribution < -0.4 is 10.9 Å². The summed E-state index contributed by atoms with van der Waals surface area (Å²) in [6.07, 6.45) is 1.43. The first-order chi connectivity index (χ1) is 15.2. The van der Waals surface area contributed by atoms with Gasteiger partial charge in [0, 0.05) is 17.5 Å². The van der Waals surface area contributed by atoms with Gasteiger partial charge in [0.25, 0.3) is 5.56 Å². The lowest BCUT2D eigenvalue weighted by molar-refractivity contribution is -0.121. The van der Waals surface area contributed by atoms with Gasteiger partial charge in [-0.1, -0.05) is 60.7 Å². The fourth-order valence-electron chi connectivity index (χ4n) is 3.44. The Morgan fingerprint density at radius 2 is 1.71 bits per heavy atom. The molecule has 0 aliphatic heterocycles. The van der Waals surface area contributed by atoms with E-state index in [0.29, 0.717) is 16.8 Å². The van der Waals surface area contributed by atoms with Crippen LogP contribution in [0.2, 0.25) is 0 Å². The number of hydrogen-bond acceptors (Lipinski definition) is 5. The van der Waals surface area contributed by atoms with E-state index in [-0.39, 0.29) is 18.0 Å². The second kappa shape index (κ2) is 8.12. The monoisotopic (exact) mass is 426 g/mol. The fraction of sp³-hybridized carbons (Fsp3) is 0.0833. The van der Waals surface area contributed by atoms with Crippen LogP contribution in [-0.4, -0.2) is 20.4 Å². The largest absolute Gasteiger partial charge is 0.350 e. The molecule has 0 saturated heterocycles. The van der Waals surface area contributed by atoms with Gasteiger partial charge in [-0.15, -0.1) is 11.3 Å². The number of nitrogens with one attached hydrogen (secondary N) is 1. The van der Waals surface area contributed by atoms with E-state index in [9.17, 15) is 9.59 Å². The topological polar surface area (TPSA) is 76.9 Å². The molecule has 0 fully saturated rings. The van der Waals surface area contributed by atoms with E-state index in [0.717, 1.165) is 27.0 Å². The maximum Gasteiger partial charge on any atom is 0.271 e. The summed E-state index contributed by atoms with van der Waals surface area (Å²) in [6.45, 7) is 0.338. The van der Waals surface area contributed by atoms with Crippen molar-refractivity contribution in [1.82, 2.24) is 19.9 Å². The van der Waals surface area contributed by atoms with Crippen molar-refractivity contribution in [2.24, 2.45) is 0 Å². The van der Waals surface area contributed by atoms with Gasteiger partial charge in [0.05, 0.1) is 17.5 Å². The van der Waals surface area contributed by atoms with Gasteiger partial charge in [-0.05, 0) is 17.7 Å². The molecule has 0 atom stereocenters. The SMILES string of the molecule is O=C(Cn1cnc2c(sc3nc(-c4ccccc4)ccc32)c1=O)NCc1ccccc1. The highest BCUT2D eigenvalue weighted by atomic mass is 32.1. The Hall–Kier alpha value is -3.84. The van der Waals surface area contributed by atoms with Gasteiger partial charge in [0.2, 0.25) is 5.91 Å². The summed E-state index contributed by atoms with van der Waals surface area (Å²) < 4.78 is 1.85. The van der Waals surface area contributed by atoms with E-state index < -0.39 is 0 Å². The summed E-state index contributed by atoms with van der Waals surface area (Å²) in [5, 5.41) is 3.68. The Kier molecular flexibility index (Phi) is 5.01. The number of thiophene rings is 1. The second-order valence-electron chi connectivity index (χ2n) is 7.13. The zero-order valence-electron chi connectivity index (χ0n) is 16.5. The number of nitrogens with zero attached hydrogens (tertiary/aromatic N) is 3. The molecule has 6 nitrogen and oxygen atoms in total. The van der Waals surface area contributed by atoms with Crippen LogP contribution in [0.25, 0.3) is 31.7 Å². The molecule has 0 bridgehead atoms. The molecule has 1 N–H and O–H groups in total. The van der Waals surface area contributed by atoms with Gasteiger partial charge >= 0.3 is 0 Å². The Balaban J connectivity index is 1.43. The molecule has 152 valence electrons. The number of benzene rings is 2. The zero-order chi connectivity index (χ0) is 21.2. The van der Waals surface area contributed by atoms with Crippen LogP contribution >= 0.6 is 11.3 Å². The summed E-state index contributed by atoms with van der Waals surface area (Å²) in [5.74, 6) is -0.238. The Morgan fingerprint density at radius 3 is 2.48 bits per heavy atom. The highest BCUT2D eigenvalue weighted by Crippen LogP contribution is 2.31. The van der Waals surface area contributed by atoms with Crippen LogP contribution in [0.5, 0.6) is 0 Å². The van der Waals surface area contributed by atoms with E-state index in [1.54, 1.807) is 0 Å². The van der Waals surface area contributed by atoms with Crippen molar-refractivity contribution in [3.8, 4) is 11.3 Å². The van der Waals surface area contributed by atoms with E-state index in [1.807, 2.05) is 72.8 Å². The van der Waals surface area contributed by atoms with E-state index in [2.05, 4.69) is 10.3 Å². The Labute approximate surface area is 181 Å². The number of carbonyl (C=O) groups excluding carboxylic acids is 1. The molecule has 5 aromatic rings. The predicted molar refractivity (Wildman–Crippen MR) is 123 cm³/mol. The lowest BCUT2D eigenvalue weighted by Gasteiger charge is -2.07. The zero-order valence-corrected chi connectivity index (χ0v) is 17.3. The number of carbonyl (C=O) groups is 1. The minimum Gasteiger partial charge on any atom is -0.350 e. The predicted octanol–water partition coefficient (Wildman–Crippen LogP) is 3.99. The van der Waals surface area contributed by atoms with Gasteiger partial charge < -0.3 is 5.32 Å². The summed E-state index contributed by atoms with van der Waals surface area (Å²) in [6, 6.07) is 23.4. The molecule has 5 rings (SSSR count). The van der Waals surface area contributed by atoms with Gasteiger partial charge in [0.15, 0.2) is 0 Å². The summed E-state index contributed by atoms with van der Waals surface area (Å²) in [4.78, 5) is 35.3. The van der Waals surface area contributed by atoms with Crippen molar-refractivity contribution in [3.05, 3.63) is 95.0 Å². The molecular formula is C24H18N4O2S.